The molecule has 2 aromatic carbocycles. The van der Waals surface area contributed by atoms with Crippen molar-refractivity contribution in [3.8, 4) is 11.5 Å². The van der Waals surface area contributed by atoms with Crippen LogP contribution in [0.4, 0.5) is 5.13 Å². The summed E-state index contributed by atoms with van der Waals surface area (Å²) in [7, 11) is 3.98. The molecular weight excluding hydrogens is 398 g/mol. The number of halogens is 1. The number of nitrogens with zero attached hydrogens (tertiary/aromatic N) is 3. The molecule has 0 fully saturated rings. The molecule has 1 amide bonds. The number of para-hydroxylation sites is 1. The maximum atomic E-state index is 13.3. The molecule has 0 saturated heterocycles. The van der Waals surface area contributed by atoms with Gasteiger partial charge < -0.3 is 14.4 Å². The summed E-state index contributed by atoms with van der Waals surface area (Å²) in [6, 6.07) is 13.3. The first-order chi connectivity index (χ1) is 13.1. The number of carbonyl (C=O) groups is 1. The quantitative estimate of drug-likeness (QED) is 0.631. The number of aromatic nitrogens is 1. The van der Waals surface area contributed by atoms with Gasteiger partial charge in [0.2, 0.25) is 0 Å². The van der Waals surface area contributed by atoms with E-state index in [2.05, 4.69) is 9.88 Å². The summed E-state index contributed by atoms with van der Waals surface area (Å²) < 4.78 is 12.3. The van der Waals surface area contributed by atoms with Crippen LogP contribution in [0.5, 0.6) is 11.5 Å². The molecule has 1 aliphatic rings. The molecule has 148 valence electrons. The molecule has 0 radical (unpaired) electrons. The summed E-state index contributed by atoms with van der Waals surface area (Å²) in [5, 5.41) is 0.706. The lowest BCUT2D eigenvalue weighted by atomic mass is 10.1. The first kappa shape index (κ1) is 20.4. The molecule has 6 nitrogen and oxygen atoms in total. The fourth-order valence-corrected chi connectivity index (χ4v) is 3.88. The van der Waals surface area contributed by atoms with E-state index in [4.69, 9.17) is 9.47 Å². The van der Waals surface area contributed by atoms with E-state index in [0.29, 0.717) is 42.0 Å². The zero-order valence-electron chi connectivity index (χ0n) is 15.8. The minimum absolute atomic E-state index is 0. The van der Waals surface area contributed by atoms with Crippen LogP contribution in [-0.2, 0) is 0 Å². The van der Waals surface area contributed by atoms with Gasteiger partial charge >= 0.3 is 0 Å². The van der Waals surface area contributed by atoms with Gasteiger partial charge in [-0.25, -0.2) is 4.98 Å². The van der Waals surface area contributed by atoms with Crippen molar-refractivity contribution >= 4 is 45.0 Å². The van der Waals surface area contributed by atoms with Crippen molar-refractivity contribution in [2.75, 3.05) is 45.3 Å². The van der Waals surface area contributed by atoms with Gasteiger partial charge in [0.25, 0.3) is 5.91 Å². The second-order valence-corrected chi connectivity index (χ2v) is 7.59. The number of hydrogen-bond donors (Lipinski definition) is 0. The maximum Gasteiger partial charge on any atom is 0.260 e. The Kier molecular flexibility index (Phi) is 6.39. The van der Waals surface area contributed by atoms with Gasteiger partial charge in [-0.05, 0) is 44.4 Å². The Bertz CT molecular complexity index is 943. The molecule has 0 spiro atoms. The summed E-state index contributed by atoms with van der Waals surface area (Å²) in [5.74, 6) is 1.20. The van der Waals surface area contributed by atoms with Gasteiger partial charge in [0.15, 0.2) is 16.6 Å². The topological polar surface area (TPSA) is 54.9 Å². The number of rotatable bonds is 5. The normalized spacial score (nSPS) is 12.7. The van der Waals surface area contributed by atoms with E-state index in [-0.39, 0.29) is 18.3 Å². The second kappa shape index (κ2) is 8.77. The van der Waals surface area contributed by atoms with Gasteiger partial charge in [0.1, 0.15) is 13.2 Å². The van der Waals surface area contributed by atoms with Crippen molar-refractivity contribution in [2.24, 2.45) is 0 Å². The first-order valence-corrected chi connectivity index (χ1v) is 9.65. The molecule has 0 N–H and O–H groups in total. The van der Waals surface area contributed by atoms with Crippen LogP contribution in [0, 0.1) is 0 Å². The van der Waals surface area contributed by atoms with E-state index in [1.54, 1.807) is 23.1 Å². The smallest absolute Gasteiger partial charge is 0.260 e. The standard InChI is InChI=1S/C20H21N3O3S.ClH/c1-22(2)9-10-23(20-21-15-5-3-4-6-18(15)27-20)19(24)14-7-8-16-17(13-14)26-12-11-25-16;/h3-8,13H,9-12H2,1-2H3;1H. The summed E-state index contributed by atoms with van der Waals surface area (Å²) >= 11 is 1.53. The highest BCUT2D eigenvalue weighted by molar-refractivity contribution is 7.22. The number of thiazole rings is 1. The third-order valence-corrected chi connectivity index (χ3v) is 5.38. The SMILES string of the molecule is CN(C)CCN(C(=O)c1ccc2c(c1)OCCO2)c1nc2ccccc2s1.Cl. The lowest BCUT2D eigenvalue weighted by molar-refractivity contribution is 0.0984. The summed E-state index contributed by atoms with van der Waals surface area (Å²) in [5.41, 5.74) is 1.47. The minimum Gasteiger partial charge on any atom is -0.486 e. The summed E-state index contributed by atoms with van der Waals surface area (Å²) in [4.78, 5) is 21.8. The molecule has 3 aromatic rings. The Balaban J connectivity index is 0.00000225. The van der Waals surface area contributed by atoms with Crippen molar-refractivity contribution in [3.05, 3.63) is 48.0 Å². The van der Waals surface area contributed by atoms with Crippen molar-refractivity contribution in [3.63, 3.8) is 0 Å². The molecule has 4 rings (SSSR count). The van der Waals surface area contributed by atoms with Gasteiger partial charge in [0.05, 0.1) is 10.2 Å². The number of benzene rings is 2. The predicted molar refractivity (Wildman–Crippen MR) is 115 cm³/mol. The third kappa shape index (κ3) is 4.22. The van der Waals surface area contributed by atoms with Crippen LogP contribution in [0.25, 0.3) is 10.2 Å². The van der Waals surface area contributed by atoms with Gasteiger partial charge in [-0.1, -0.05) is 23.5 Å². The molecule has 28 heavy (non-hydrogen) atoms. The number of likely N-dealkylation sites (N-methyl/N-ethyl adjacent to an activating group) is 1. The number of hydrogen-bond acceptors (Lipinski definition) is 6. The average molecular weight is 420 g/mol. The molecule has 1 aromatic heterocycles. The molecule has 0 unspecified atom stereocenters. The van der Waals surface area contributed by atoms with E-state index in [1.165, 1.54) is 11.3 Å². The summed E-state index contributed by atoms with van der Waals surface area (Å²) in [6.07, 6.45) is 0. The van der Waals surface area contributed by atoms with Crippen molar-refractivity contribution in [2.45, 2.75) is 0 Å². The molecular formula is C20H22ClN3O3S. The Hall–Kier alpha value is -2.35. The second-order valence-electron chi connectivity index (χ2n) is 6.58. The van der Waals surface area contributed by atoms with Crippen LogP contribution in [0.3, 0.4) is 0 Å². The number of ether oxygens (including phenoxy) is 2. The number of anilines is 1. The summed E-state index contributed by atoms with van der Waals surface area (Å²) in [6.45, 7) is 2.32. The highest BCUT2D eigenvalue weighted by Gasteiger charge is 2.23. The van der Waals surface area contributed by atoms with Crippen LogP contribution in [0.2, 0.25) is 0 Å². The number of amides is 1. The predicted octanol–water partition coefficient (Wildman–Crippen LogP) is 3.70. The molecule has 0 atom stereocenters. The number of carbonyl (C=O) groups excluding carboxylic acids is 1. The monoisotopic (exact) mass is 419 g/mol. The van der Waals surface area contributed by atoms with Crippen LogP contribution in [0.15, 0.2) is 42.5 Å². The van der Waals surface area contributed by atoms with Gasteiger partial charge in [-0.2, -0.15) is 0 Å². The van der Waals surface area contributed by atoms with Crippen LogP contribution in [-0.4, -0.2) is 56.2 Å². The van der Waals surface area contributed by atoms with Crippen molar-refractivity contribution in [1.29, 1.82) is 0 Å². The molecule has 0 aliphatic carbocycles. The Morgan fingerprint density at radius 2 is 1.82 bits per heavy atom. The fourth-order valence-electron chi connectivity index (χ4n) is 2.89. The minimum atomic E-state index is -0.0899. The van der Waals surface area contributed by atoms with E-state index in [1.807, 2.05) is 38.4 Å². The van der Waals surface area contributed by atoms with Crippen LogP contribution >= 0.6 is 23.7 Å². The van der Waals surface area contributed by atoms with Crippen molar-refractivity contribution < 1.29 is 14.3 Å². The first-order valence-electron chi connectivity index (χ1n) is 8.83. The molecule has 0 saturated carbocycles. The third-order valence-electron chi connectivity index (χ3n) is 4.32. The maximum absolute atomic E-state index is 13.3. The van der Waals surface area contributed by atoms with Crippen LogP contribution in [0.1, 0.15) is 10.4 Å². The molecule has 2 heterocycles. The van der Waals surface area contributed by atoms with Crippen LogP contribution < -0.4 is 14.4 Å². The van der Waals surface area contributed by atoms with Crippen molar-refractivity contribution in [1.82, 2.24) is 9.88 Å². The average Bonchev–Trinajstić information content (AvgIpc) is 3.11. The zero-order valence-corrected chi connectivity index (χ0v) is 17.4. The highest BCUT2D eigenvalue weighted by Crippen LogP contribution is 2.33. The lowest BCUT2D eigenvalue weighted by Gasteiger charge is -2.23. The van der Waals surface area contributed by atoms with Gasteiger partial charge in [-0.3, -0.25) is 9.69 Å². The molecule has 0 bridgehead atoms. The fraction of sp³-hybridized carbons (Fsp3) is 0.300. The Morgan fingerprint density at radius 1 is 1.07 bits per heavy atom. The molecule has 1 aliphatic heterocycles. The van der Waals surface area contributed by atoms with E-state index in [9.17, 15) is 4.79 Å². The largest absolute Gasteiger partial charge is 0.486 e. The van der Waals surface area contributed by atoms with E-state index >= 15 is 0 Å². The zero-order chi connectivity index (χ0) is 18.8. The van der Waals surface area contributed by atoms with E-state index < -0.39 is 0 Å². The Morgan fingerprint density at radius 3 is 2.57 bits per heavy atom. The lowest BCUT2D eigenvalue weighted by Crippen LogP contribution is -2.36. The van der Waals surface area contributed by atoms with Gasteiger partial charge in [0, 0.05) is 18.7 Å². The molecule has 8 heteroatoms. The Labute approximate surface area is 174 Å². The number of fused-ring (bicyclic) bond motifs is 2. The highest BCUT2D eigenvalue weighted by atomic mass is 35.5. The van der Waals surface area contributed by atoms with E-state index in [0.717, 1.165) is 16.8 Å². The van der Waals surface area contributed by atoms with Gasteiger partial charge in [-0.15, -0.1) is 12.4 Å².